The lowest BCUT2D eigenvalue weighted by atomic mass is 10.3. The topological polar surface area (TPSA) is 61.4 Å². The van der Waals surface area contributed by atoms with Crippen LogP contribution in [0.25, 0.3) is 0 Å². The van der Waals surface area contributed by atoms with Crippen LogP contribution < -0.4 is 10.6 Å². The van der Waals surface area contributed by atoms with Crippen LogP contribution in [0.4, 0.5) is 5.69 Å². The number of rotatable bonds is 9. The first-order valence-corrected chi connectivity index (χ1v) is 8.98. The van der Waals surface area contributed by atoms with Crippen molar-refractivity contribution in [2.24, 2.45) is 5.92 Å². The first-order valence-electron chi connectivity index (χ1n) is 8.23. The lowest BCUT2D eigenvalue weighted by Gasteiger charge is -2.22. The van der Waals surface area contributed by atoms with Crippen molar-refractivity contribution in [3.05, 3.63) is 28.2 Å². The first-order chi connectivity index (χ1) is 11.5. The highest BCUT2D eigenvalue weighted by Gasteiger charge is 2.22. The summed E-state index contributed by atoms with van der Waals surface area (Å²) in [7, 11) is 0. The van der Waals surface area contributed by atoms with Crippen molar-refractivity contribution < 1.29 is 9.59 Å². The van der Waals surface area contributed by atoms with Crippen molar-refractivity contribution in [1.82, 2.24) is 10.2 Å². The minimum Gasteiger partial charge on any atom is -0.332 e. The fraction of sp³-hybridized carbons (Fsp3) is 0.529. The number of hydrogen-bond donors (Lipinski definition) is 2. The van der Waals surface area contributed by atoms with Gasteiger partial charge in [0.25, 0.3) is 0 Å². The second-order valence-electron chi connectivity index (χ2n) is 6.06. The molecule has 0 saturated heterocycles. The second kappa shape index (κ2) is 10.9. The molecule has 0 atom stereocenters. The lowest BCUT2D eigenvalue weighted by molar-refractivity contribution is -0.133. The number of nitrogens with zero attached hydrogens (tertiary/aromatic N) is 1. The Hall–Kier alpha value is -1.01. The van der Waals surface area contributed by atoms with E-state index in [1.54, 1.807) is 23.1 Å². The molecule has 1 aliphatic rings. The maximum Gasteiger partial charge on any atom is 0.244 e. The van der Waals surface area contributed by atoms with Gasteiger partial charge in [-0.05, 0) is 49.9 Å². The smallest absolute Gasteiger partial charge is 0.244 e. The minimum absolute atomic E-state index is 0. The molecule has 5 nitrogen and oxygen atoms in total. The number of anilines is 1. The zero-order valence-electron chi connectivity index (χ0n) is 14.2. The molecule has 25 heavy (non-hydrogen) atoms. The number of carbonyl (C=O) groups is 2. The molecule has 8 heteroatoms. The highest BCUT2D eigenvalue weighted by Crippen LogP contribution is 2.27. The van der Waals surface area contributed by atoms with Gasteiger partial charge in [0.1, 0.15) is 0 Å². The van der Waals surface area contributed by atoms with Crippen LogP contribution in [0.3, 0.4) is 0 Å². The van der Waals surface area contributed by atoms with E-state index in [0.29, 0.717) is 28.2 Å². The summed E-state index contributed by atoms with van der Waals surface area (Å²) in [4.78, 5) is 26.1. The maximum atomic E-state index is 12.3. The van der Waals surface area contributed by atoms with Gasteiger partial charge in [0.2, 0.25) is 11.8 Å². The fourth-order valence-corrected chi connectivity index (χ4v) is 2.67. The van der Waals surface area contributed by atoms with Gasteiger partial charge >= 0.3 is 0 Å². The Bertz CT molecular complexity index is 595. The largest absolute Gasteiger partial charge is 0.332 e. The predicted molar refractivity (Wildman–Crippen MR) is 105 cm³/mol. The van der Waals surface area contributed by atoms with Gasteiger partial charge in [-0.25, -0.2) is 0 Å². The van der Waals surface area contributed by atoms with Crippen molar-refractivity contribution in [3.63, 3.8) is 0 Å². The van der Waals surface area contributed by atoms with Gasteiger partial charge in [-0.15, -0.1) is 12.4 Å². The van der Waals surface area contributed by atoms with Crippen LogP contribution in [0.5, 0.6) is 0 Å². The van der Waals surface area contributed by atoms with Gasteiger partial charge < -0.3 is 15.5 Å². The first kappa shape index (κ1) is 22.0. The van der Waals surface area contributed by atoms with E-state index in [0.717, 1.165) is 13.0 Å². The molecule has 1 aromatic carbocycles. The van der Waals surface area contributed by atoms with E-state index in [9.17, 15) is 9.59 Å². The molecule has 0 bridgehead atoms. The third-order valence-electron chi connectivity index (χ3n) is 3.79. The Morgan fingerprint density at radius 3 is 2.64 bits per heavy atom. The molecule has 0 heterocycles. The van der Waals surface area contributed by atoms with Crippen molar-refractivity contribution in [1.29, 1.82) is 0 Å². The van der Waals surface area contributed by atoms with Crippen molar-refractivity contribution in [2.75, 3.05) is 31.5 Å². The summed E-state index contributed by atoms with van der Waals surface area (Å²) in [6.07, 6.45) is 3.27. The van der Waals surface area contributed by atoms with Crippen molar-refractivity contribution >= 4 is 53.1 Å². The number of nitrogens with one attached hydrogen (secondary N) is 2. The number of halogens is 3. The van der Waals surface area contributed by atoms with Gasteiger partial charge in [-0.1, -0.05) is 30.1 Å². The highest BCUT2D eigenvalue weighted by atomic mass is 35.5. The van der Waals surface area contributed by atoms with Gasteiger partial charge in [0.05, 0.1) is 23.8 Å². The molecule has 0 spiro atoms. The number of amides is 2. The SMILES string of the molecule is CCCN(CC(=O)Nc1cc(Cl)ccc1Cl)C(=O)CNCC1CC1.Cl. The molecule has 0 unspecified atom stereocenters. The standard InChI is InChI=1S/C17H23Cl2N3O2.ClH/c1-2-7-22(17(24)10-20-9-12-3-4-12)11-16(23)21-15-8-13(18)5-6-14(15)19;/h5-6,8,12,20H,2-4,7,9-11H2,1H3,(H,21,23);1H. The molecule has 1 aliphatic carbocycles. The maximum absolute atomic E-state index is 12.3. The fourth-order valence-electron chi connectivity index (χ4n) is 2.34. The zero-order chi connectivity index (χ0) is 17.5. The molecule has 0 aliphatic heterocycles. The van der Waals surface area contributed by atoms with Crippen molar-refractivity contribution in [3.8, 4) is 0 Å². The van der Waals surface area contributed by atoms with Gasteiger partial charge in [0, 0.05) is 11.6 Å². The van der Waals surface area contributed by atoms with Gasteiger partial charge in [-0.2, -0.15) is 0 Å². The Morgan fingerprint density at radius 2 is 2.00 bits per heavy atom. The molecular weight excluding hydrogens is 385 g/mol. The Labute approximate surface area is 164 Å². The van der Waals surface area contributed by atoms with Gasteiger partial charge in [-0.3, -0.25) is 9.59 Å². The normalized spacial score (nSPS) is 13.1. The van der Waals surface area contributed by atoms with Gasteiger partial charge in [0.15, 0.2) is 0 Å². The lowest BCUT2D eigenvalue weighted by Crippen LogP contribution is -2.43. The minimum atomic E-state index is -0.289. The summed E-state index contributed by atoms with van der Waals surface area (Å²) in [5, 5.41) is 6.77. The van der Waals surface area contributed by atoms with Crippen LogP contribution in [0, 0.1) is 5.92 Å². The molecule has 0 radical (unpaired) electrons. The molecule has 0 aromatic heterocycles. The quantitative estimate of drug-likeness (QED) is 0.656. The van der Waals surface area contributed by atoms with Crippen LogP contribution >= 0.6 is 35.6 Å². The summed E-state index contributed by atoms with van der Waals surface area (Å²) < 4.78 is 0. The molecule has 2 N–H and O–H groups in total. The zero-order valence-corrected chi connectivity index (χ0v) is 16.5. The van der Waals surface area contributed by atoms with Crippen LogP contribution in [-0.4, -0.2) is 42.9 Å². The predicted octanol–water partition coefficient (Wildman–Crippen LogP) is 3.59. The van der Waals surface area contributed by atoms with E-state index in [4.69, 9.17) is 23.2 Å². The van der Waals surface area contributed by atoms with E-state index in [1.807, 2.05) is 6.92 Å². The van der Waals surface area contributed by atoms with E-state index in [2.05, 4.69) is 10.6 Å². The Balaban J connectivity index is 0.00000312. The number of hydrogen-bond acceptors (Lipinski definition) is 3. The summed E-state index contributed by atoms with van der Waals surface area (Å²) in [5.41, 5.74) is 0.449. The van der Waals surface area contributed by atoms with E-state index >= 15 is 0 Å². The summed E-state index contributed by atoms with van der Waals surface area (Å²) in [5.74, 6) is 0.360. The molecule has 140 valence electrons. The van der Waals surface area contributed by atoms with Crippen LogP contribution in [0.15, 0.2) is 18.2 Å². The highest BCUT2D eigenvalue weighted by molar-refractivity contribution is 6.35. The van der Waals surface area contributed by atoms with E-state index in [-0.39, 0.29) is 37.3 Å². The molecule has 1 saturated carbocycles. The number of carbonyl (C=O) groups excluding carboxylic acids is 2. The van der Waals surface area contributed by atoms with Crippen LogP contribution in [0.2, 0.25) is 10.0 Å². The average Bonchev–Trinajstić information content (AvgIpc) is 3.34. The molecule has 1 aromatic rings. The van der Waals surface area contributed by atoms with Crippen LogP contribution in [-0.2, 0) is 9.59 Å². The van der Waals surface area contributed by atoms with E-state index in [1.165, 1.54) is 12.8 Å². The average molecular weight is 409 g/mol. The second-order valence-corrected chi connectivity index (χ2v) is 6.91. The Morgan fingerprint density at radius 1 is 1.28 bits per heavy atom. The monoisotopic (exact) mass is 407 g/mol. The van der Waals surface area contributed by atoms with Crippen molar-refractivity contribution in [2.45, 2.75) is 26.2 Å². The summed E-state index contributed by atoms with van der Waals surface area (Å²) in [6, 6.07) is 4.86. The Kier molecular flexibility index (Phi) is 9.57. The summed E-state index contributed by atoms with van der Waals surface area (Å²) >= 11 is 12.0. The number of benzene rings is 1. The molecule has 1 fully saturated rings. The molecule has 2 amide bonds. The summed E-state index contributed by atoms with van der Waals surface area (Å²) in [6.45, 7) is 3.66. The third kappa shape index (κ3) is 7.82. The molecule has 2 rings (SSSR count). The molecular formula is C17H24Cl3N3O2. The third-order valence-corrected chi connectivity index (χ3v) is 4.35. The van der Waals surface area contributed by atoms with E-state index < -0.39 is 0 Å². The van der Waals surface area contributed by atoms with Crippen LogP contribution in [0.1, 0.15) is 26.2 Å².